The highest BCUT2D eigenvalue weighted by molar-refractivity contribution is 6.00. The summed E-state index contributed by atoms with van der Waals surface area (Å²) in [5.74, 6) is 0. The lowest BCUT2D eigenvalue weighted by atomic mass is 9.94. The maximum Gasteiger partial charge on any atom is 0.0540 e. The molecule has 0 aromatic heterocycles. The Morgan fingerprint density at radius 1 is 0.312 bits per heavy atom. The van der Waals surface area contributed by atoms with Gasteiger partial charge in [0.1, 0.15) is 0 Å². The second-order valence-corrected chi connectivity index (χ2v) is 12.3. The molecule has 0 saturated heterocycles. The zero-order valence-electron chi connectivity index (χ0n) is 27.2. The largest absolute Gasteiger partial charge is 0.310 e. The Bertz CT molecular complexity index is 2350. The van der Waals surface area contributed by atoms with Crippen LogP contribution < -0.4 is 9.80 Å². The van der Waals surface area contributed by atoms with Gasteiger partial charge in [-0.3, -0.25) is 0 Å². The van der Waals surface area contributed by atoms with Crippen molar-refractivity contribution in [1.82, 2.24) is 0 Å². The van der Waals surface area contributed by atoms with Crippen molar-refractivity contribution in [2.45, 2.75) is 13.8 Å². The third-order valence-electron chi connectivity index (χ3n) is 9.48. The van der Waals surface area contributed by atoms with Crippen molar-refractivity contribution in [2.75, 3.05) is 9.80 Å². The molecule has 48 heavy (non-hydrogen) atoms. The van der Waals surface area contributed by atoms with E-state index in [1.807, 2.05) is 0 Å². The van der Waals surface area contributed by atoms with Gasteiger partial charge < -0.3 is 9.80 Å². The minimum Gasteiger partial charge on any atom is -0.310 e. The minimum atomic E-state index is 1.12. The summed E-state index contributed by atoms with van der Waals surface area (Å²) in [6, 6.07) is 65.3. The zero-order valence-corrected chi connectivity index (χ0v) is 27.2. The van der Waals surface area contributed by atoms with E-state index < -0.39 is 0 Å². The van der Waals surface area contributed by atoms with Gasteiger partial charge in [-0.2, -0.15) is 0 Å². The lowest BCUT2D eigenvalue weighted by molar-refractivity contribution is 1.23. The molecule has 0 amide bonds. The van der Waals surface area contributed by atoms with E-state index in [1.54, 1.807) is 0 Å². The van der Waals surface area contributed by atoms with Crippen LogP contribution in [0.4, 0.5) is 34.1 Å². The summed E-state index contributed by atoms with van der Waals surface area (Å²) < 4.78 is 0. The van der Waals surface area contributed by atoms with Crippen LogP contribution in [0.5, 0.6) is 0 Å². The quantitative estimate of drug-likeness (QED) is 0.176. The molecule has 0 heterocycles. The van der Waals surface area contributed by atoms with Gasteiger partial charge in [0, 0.05) is 33.5 Å². The van der Waals surface area contributed by atoms with Crippen molar-refractivity contribution in [3.05, 3.63) is 193 Å². The number of benzene rings is 8. The second-order valence-electron chi connectivity index (χ2n) is 12.3. The Morgan fingerprint density at radius 2 is 0.771 bits per heavy atom. The Balaban J connectivity index is 1.21. The number of hydrogen-bond acceptors (Lipinski definition) is 2. The van der Waals surface area contributed by atoms with Crippen molar-refractivity contribution < 1.29 is 0 Å². The normalized spacial score (nSPS) is 11.1. The Morgan fingerprint density at radius 3 is 1.35 bits per heavy atom. The average molecular weight is 617 g/mol. The number of nitrogens with zero attached hydrogens (tertiary/aromatic N) is 2. The molecule has 0 spiro atoms. The SMILES string of the molecule is Cc1c(-c2ccc(N(c3ccccc3)c3cccc4ccccc34)cc2)ccc(N(c2ccccc2)c2cccc3ccccc23)c1C. The Hall–Kier alpha value is -6.12. The highest BCUT2D eigenvalue weighted by atomic mass is 15.1. The first-order valence-electron chi connectivity index (χ1n) is 16.5. The van der Waals surface area contributed by atoms with Crippen LogP contribution in [0.15, 0.2) is 182 Å². The minimum absolute atomic E-state index is 1.12. The number of rotatable bonds is 7. The second kappa shape index (κ2) is 12.6. The summed E-state index contributed by atoms with van der Waals surface area (Å²) in [4.78, 5) is 4.76. The number of anilines is 6. The molecule has 0 radical (unpaired) electrons. The van der Waals surface area contributed by atoms with Gasteiger partial charge in [-0.15, -0.1) is 0 Å². The van der Waals surface area contributed by atoms with Crippen molar-refractivity contribution in [2.24, 2.45) is 0 Å². The van der Waals surface area contributed by atoms with E-state index in [0.717, 1.165) is 22.7 Å². The predicted octanol–water partition coefficient (Wildman–Crippen LogP) is 13.2. The summed E-state index contributed by atoms with van der Waals surface area (Å²) in [5, 5.41) is 4.92. The lowest BCUT2D eigenvalue weighted by Crippen LogP contribution is -2.12. The highest BCUT2D eigenvalue weighted by Gasteiger charge is 2.20. The molecular weight excluding hydrogens is 581 g/mol. The first-order valence-corrected chi connectivity index (χ1v) is 16.5. The van der Waals surface area contributed by atoms with Crippen LogP contribution in [0.3, 0.4) is 0 Å². The van der Waals surface area contributed by atoms with Crippen molar-refractivity contribution in [1.29, 1.82) is 0 Å². The molecule has 0 aliphatic carbocycles. The van der Waals surface area contributed by atoms with E-state index in [9.17, 15) is 0 Å². The van der Waals surface area contributed by atoms with E-state index in [0.29, 0.717) is 0 Å². The van der Waals surface area contributed by atoms with E-state index in [1.165, 1.54) is 55.2 Å². The van der Waals surface area contributed by atoms with Crippen LogP contribution in [0, 0.1) is 13.8 Å². The fourth-order valence-electron chi connectivity index (χ4n) is 6.95. The standard InChI is InChI=1S/C46H36N2/c1-33-34(2)44(48(39-21-7-4-8-22-39)46-26-14-18-36-16-10-12-24-43(36)46)32-31-41(33)37-27-29-40(30-28-37)47(38-19-5-3-6-20-38)45-25-13-17-35-15-9-11-23-42(35)45/h3-32H,1-2H3. The van der Waals surface area contributed by atoms with Gasteiger partial charge in [-0.1, -0.05) is 127 Å². The number of para-hydroxylation sites is 2. The Kier molecular flexibility index (Phi) is 7.68. The third-order valence-corrected chi connectivity index (χ3v) is 9.48. The van der Waals surface area contributed by atoms with Crippen LogP contribution in [0.1, 0.15) is 11.1 Å². The molecule has 2 nitrogen and oxygen atoms in total. The highest BCUT2D eigenvalue weighted by Crippen LogP contribution is 2.43. The maximum absolute atomic E-state index is 2.40. The van der Waals surface area contributed by atoms with Gasteiger partial charge in [0.2, 0.25) is 0 Å². The lowest BCUT2D eigenvalue weighted by Gasteiger charge is -2.29. The average Bonchev–Trinajstić information content (AvgIpc) is 3.15. The molecule has 0 unspecified atom stereocenters. The van der Waals surface area contributed by atoms with Gasteiger partial charge >= 0.3 is 0 Å². The smallest absolute Gasteiger partial charge is 0.0540 e. The van der Waals surface area contributed by atoms with Gasteiger partial charge in [0.15, 0.2) is 0 Å². The van der Waals surface area contributed by atoms with Gasteiger partial charge in [-0.05, 0) is 101 Å². The molecule has 0 aliphatic rings. The molecule has 0 saturated carbocycles. The number of fused-ring (bicyclic) bond motifs is 2. The maximum atomic E-state index is 2.40. The van der Waals surface area contributed by atoms with Gasteiger partial charge in [0.05, 0.1) is 11.4 Å². The summed E-state index contributed by atoms with van der Waals surface area (Å²) >= 11 is 0. The summed E-state index contributed by atoms with van der Waals surface area (Å²) in [6.07, 6.45) is 0. The van der Waals surface area contributed by atoms with Crippen molar-refractivity contribution >= 4 is 55.7 Å². The van der Waals surface area contributed by atoms with Crippen LogP contribution >= 0.6 is 0 Å². The van der Waals surface area contributed by atoms with E-state index >= 15 is 0 Å². The Labute approximate surface area is 282 Å². The molecule has 230 valence electrons. The fourth-order valence-corrected chi connectivity index (χ4v) is 6.95. The summed E-state index contributed by atoms with van der Waals surface area (Å²) in [7, 11) is 0. The first-order chi connectivity index (χ1) is 23.7. The van der Waals surface area contributed by atoms with Crippen LogP contribution in [0.25, 0.3) is 32.7 Å². The topological polar surface area (TPSA) is 6.48 Å². The molecule has 8 aromatic carbocycles. The molecule has 2 heteroatoms. The molecule has 0 N–H and O–H groups in total. The molecule has 0 fully saturated rings. The van der Waals surface area contributed by atoms with Crippen molar-refractivity contribution in [3.63, 3.8) is 0 Å². The molecule has 8 aromatic rings. The van der Waals surface area contributed by atoms with Gasteiger partial charge in [-0.25, -0.2) is 0 Å². The summed E-state index contributed by atoms with van der Waals surface area (Å²) in [5.41, 5.74) is 11.9. The van der Waals surface area contributed by atoms with E-state index in [-0.39, 0.29) is 0 Å². The predicted molar refractivity (Wildman–Crippen MR) is 206 cm³/mol. The first kappa shape index (κ1) is 29.3. The molecule has 0 bridgehead atoms. The zero-order chi connectivity index (χ0) is 32.5. The van der Waals surface area contributed by atoms with Gasteiger partial charge in [0.25, 0.3) is 0 Å². The summed E-state index contributed by atoms with van der Waals surface area (Å²) in [6.45, 7) is 4.50. The third kappa shape index (κ3) is 5.28. The van der Waals surface area contributed by atoms with E-state index in [4.69, 9.17) is 0 Å². The van der Waals surface area contributed by atoms with Crippen LogP contribution in [-0.2, 0) is 0 Å². The fraction of sp³-hybridized carbons (Fsp3) is 0.0435. The monoisotopic (exact) mass is 616 g/mol. The molecule has 0 atom stereocenters. The molecule has 8 rings (SSSR count). The van der Waals surface area contributed by atoms with Crippen molar-refractivity contribution in [3.8, 4) is 11.1 Å². The molecule has 0 aliphatic heterocycles. The molecular formula is C46H36N2. The number of hydrogen-bond donors (Lipinski definition) is 0. The van der Waals surface area contributed by atoms with Crippen LogP contribution in [-0.4, -0.2) is 0 Å². The van der Waals surface area contributed by atoms with Crippen LogP contribution in [0.2, 0.25) is 0 Å². The van der Waals surface area contributed by atoms with E-state index in [2.05, 4.69) is 206 Å².